The van der Waals surface area contributed by atoms with Crippen molar-refractivity contribution in [3.63, 3.8) is 0 Å². The lowest BCUT2D eigenvalue weighted by molar-refractivity contribution is 0.0524. The molecule has 7 nitrogen and oxygen atoms in total. The van der Waals surface area contributed by atoms with Gasteiger partial charge in [0, 0.05) is 18.1 Å². The summed E-state index contributed by atoms with van der Waals surface area (Å²) in [5.74, 6) is -1.13. The molecule has 152 valence electrons. The van der Waals surface area contributed by atoms with Gasteiger partial charge in [0.2, 0.25) is 0 Å². The van der Waals surface area contributed by atoms with E-state index < -0.39 is 11.9 Å². The second-order valence-electron chi connectivity index (χ2n) is 6.69. The second-order valence-corrected chi connectivity index (χ2v) is 7.13. The smallest absolute Gasteiger partial charge is 0.339 e. The Labute approximate surface area is 174 Å². The molecule has 1 aromatic heterocycles. The summed E-state index contributed by atoms with van der Waals surface area (Å²) in [4.78, 5) is 43.4. The molecule has 1 aromatic carbocycles. The van der Waals surface area contributed by atoms with Gasteiger partial charge in [-0.15, -0.1) is 0 Å². The molecular weight excluding hydrogens is 394 g/mol. The zero-order valence-corrected chi connectivity index (χ0v) is 17.1. The molecule has 1 aliphatic heterocycles. The van der Waals surface area contributed by atoms with E-state index in [1.54, 1.807) is 36.9 Å². The van der Waals surface area contributed by atoms with Crippen LogP contribution >= 0.6 is 11.6 Å². The van der Waals surface area contributed by atoms with Gasteiger partial charge in [0.1, 0.15) is 5.69 Å². The highest BCUT2D eigenvalue weighted by Gasteiger charge is 2.23. The Morgan fingerprint density at radius 1 is 1.14 bits per heavy atom. The molecule has 0 atom stereocenters. The summed E-state index contributed by atoms with van der Waals surface area (Å²) >= 11 is 6.08. The minimum atomic E-state index is -0.499. The summed E-state index contributed by atoms with van der Waals surface area (Å²) in [7, 11) is 0. The Bertz CT molecular complexity index is 955. The van der Waals surface area contributed by atoms with E-state index in [9.17, 15) is 14.4 Å². The quantitative estimate of drug-likeness (QED) is 0.752. The molecule has 1 aliphatic rings. The van der Waals surface area contributed by atoms with Gasteiger partial charge >= 0.3 is 5.97 Å². The first-order chi connectivity index (χ1) is 13.9. The minimum absolute atomic E-state index is 0.120. The van der Waals surface area contributed by atoms with Crippen molar-refractivity contribution in [3.8, 4) is 0 Å². The number of benzene rings is 1. The number of rotatable bonds is 5. The number of carbonyl (C=O) groups excluding carboxylic acids is 3. The number of anilines is 1. The van der Waals surface area contributed by atoms with E-state index >= 15 is 0 Å². The van der Waals surface area contributed by atoms with Gasteiger partial charge in [-0.3, -0.25) is 9.59 Å². The number of amides is 2. The van der Waals surface area contributed by atoms with Gasteiger partial charge in [-0.05, 0) is 57.0 Å². The van der Waals surface area contributed by atoms with Crippen LogP contribution in [-0.2, 0) is 4.74 Å². The van der Waals surface area contributed by atoms with Crippen molar-refractivity contribution in [2.75, 3.05) is 25.0 Å². The van der Waals surface area contributed by atoms with Crippen LogP contribution in [0.4, 0.5) is 5.69 Å². The molecule has 0 bridgehead atoms. The first-order valence-corrected chi connectivity index (χ1v) is 9.83. The van der Waals surface area contributed by atoms with Crippen LogP contribution < -0.4 is 5.32 Å². The standard InChI is InChI=1S/C21H22ClN3O4/c1-3-29-21(28)15-8-9-17(23-13(15)2)19(26)24-18-12-14(22)6-7-16(18)20(27)25-10-4-5-11-25/h6-9,12H,3-5,10-11H2,1-2H3,(H,24,26). The van der Waals surface area contributed by atoms with E-state index in [1.165, 1.54) is 12.1 Å². The number of halogens is 1. The van der Waals surface area contributed by atoms with Gasteiger partial charge in [-0.2, -0.15) is 0 Å². The van der Waals surface area contributed by atoms with Crippen LogP contribution in [0.1, 0.15) is 56.7 Å². The third-order valence-corrected chi connectivity index (χ3v) is 4.90. The lowest BCUT2D eigenvalue weighted by Crippen LogP contribution is -2.29. The first kappa shape index (κ1) is 20.8. The predicted molar refractivity (Wildman–Crippen MR) is 109 cm³/mol. The molecule has 2 amide bonds. The van der Waals surface area contributed by atoms with Crippen molar-refractivity contribution in [3.05, 3.63) is 57.9 Å². The molecule has 2 aromatic rings. The molecule has 1 N–H and O–H groups in total. The van der Waals surface area contributed by atoms with Crippen molar-refractivity contribution in [2.24, 2.45) is 0 Å². The molecule has 1 saturated heterocycles. The number of carbonyl (C=O) groups is 3. The molecule has 0 radical (unpaired) electrons. The number of pyridine rings is 1. The van der Waals surface area contributed by atoms with E-state index in [1.807, 2.05) is 0 Å². The van der Waals surface area contributed by atoms with Crippen LogP contribution in [0, 0.1) is 6.92 Å². The van der Waals surface area contributed by atoms with Crippen molar-refractivity contribution in [1.82, 2.24) is 9.88 Å². The molecule has 0 aliphatic carbocycles. The SMILES string of the molecule is CCOC(=O)c1ccc(C(=O)Nc2cc(Cl)ccc2C(=O)N2CCCC2)nc1C. The monoisotopic (exact) mass is 415 g/mol. The molecule has 0 spiro atoms. The molecule has 0 unspecified atom stereocenters. The highest BCUT2D eigenvalue weighted by molar-refractivity contribution is 6.31. The van der Waals surface area contributed by atoms with Crippen LogP contribution in [-0.4, -0.2) is 47.4 Å². The Hall–Kier alpha value is -2.93. The Morgan fingerprint density at radius 3 is 2.48 bits per heavy atom. The number of aromatic nitrogens is 1. The summed E-state index contributed by atoms with van der Waals surface area (Å²) in [6.45, 7) is 5.00. The molecule has 8 heteroatoms. The lowest BCUT2D eigenvalue weighted by Gasteiger charge is -2.18. The van der Waals surface area contributed by atoms with E-state index in [0.29, 0.717) is 40.6 Å². The fourth-order valence-corrected chi connectivity index (χ4v) is 3.37. The molecule has 29 heavy (non-hydrogen) atoms. The first-order valence-electron chi connectivity index (χ1n) is 9.45. The van der Waals surface area contributed by atoms with Crippen molar-refractivity contribution < 1.29 is 19.1 Å². The average molecular weight is 416 g/mol. The third kappa shape index (κ3) is 4.74. The number of hydrogen-bond acceptors (Lipinski definition) is 5. The summed E-state index contributed by atoms with van der Waals surface area (Å²) in [5.41, 5.74) is 1.51. The molecule has 0 saturated carbocycles. The lowest BCUT2D eigenvalue weighted by atomic mass is 10.1. The van der Waals surface area contributed by atoms with Crippen molar-refractivity contribution >= 4 is 35.1 Å². The van der Waals surface area contributed by atoms with Crippen LogP contribution in [0.5, 0.6) is 0 Å². The van der Waals surface area contributed by atoms with Crippen molar-refractivity contribution in [2.45, 2.75) is 26.7 Å². The average Bonchev–Trinajstić information content (AvgIpc) is 3.22. The zero-order valence-electron chi connectivity index (χ0n) is 16.3. The fraction of sp³-hybridized carbons (Fsp3) is 0.333. The summed E-state index contributed by atoms with van der Waals surface area (Å²) in [6.07, 6.45) is 1.94. The fourth-order valence-electron chi connectivity index (χ4n) is 3.20. The second kappa shape index (κ2) is 9.05. The highest BCUT2D eigenvalue weighted by Crippen LogP contribution is 2.25. The van der Waals surface area contributed by atoms with Gasteiger partial charge < -0.3 is 15.0 Å². The zero-order chi connectivity index (χ0) is 21.0. The van der Waals surface area contributed by atoms with Crippen LogP contribution in [0.2, 0.25) is 5.02 Å². The minimum Gasteiger partial charge on any atom is -0.462 e. The van der Waals surface area contributed by atoms with Crippen LogP contribution in [0.3, 0.4) is 0 Å². The van der Waals surface area contributed by atoms with Gasteiger partial charge in [-0.25, -0.2) is 9.78 Å². The Balaban J connectivity index is 1.83. The highest BCUT2D eigenvalue weighted by atomic mass is 35.5. The van der Waals surface area contributed by atoms with Gasteiger partial charge in [0.05, 0.1) is 29.1 Å². The van der Waals surface area contributed by atoms with Gasteiger partial charge in [-0.1, -0.05) is 11.6 Å². The summed E-state index contributed by atoms with van der Waals surface area (Å²) in [6, 6.07) is 7.73. The molecule has 1 fully saturated rings. The third-order valence-electron chi connectivity index (χ3n) is 4.67. The topological polar surface area (TPSA) is 88.6 Å². The number of hydrogen-bond donors (Lipinski definition) is 1. The molecule has 3 rings (SSSR count). The van der Waals surface area contributed by atoms with Gasteiger partial charge in [0.25, 0.3) is 11.8 Å². The van der Waals surface area contributed by atoms with Gasteiger partial charge in [0.15, 0.2) is 0 Å². The number of ether oxygens (including phenoxy) is 1. The van der Waals surface area contributed by atoms with E-state index in [0.717, 1.165) is 12.8 Å². The number of likely N-dealkylation sites (tertiary alicyclic amines) is 1. The molecular formula is C21H22ClN3O4. The largest absolute Gasteiger partial charge is 0.462 e. The summed E-state index contributed by atoms with van der Waals surface area (Å²) < 4.78 is 4.97. The number of nitrogens with one attached hydrogen (secondary N) is 1. The van der Waals surface area contributed by atoms with Crippen molar-refractivity contribution in [1.29, 1.82) is 0 Å². The van der Waals surface area contributed by atoms with E-state index in [4.69, 9.17) is 16.3 Å². The van der Waals surface area contributed by atoms with Crippen LogP contribution in [0.15, 0.2) is 30.3 Å². The Morgan fingerprint density at radius 2 is 1.83 bits per heavy atom. The molecule has 2 heterocycles. The number of nitrogens with zero attached hydrogens (tertiary/aromatic N) is 2. The number of esters is 1. The maximum atomic E-state index is 12.8. The maximum Gasteiger partial charge on any atom is 0.339 e. The summed E-state index contributed by atoms with van der Waals surface area (Å²) in [5, 5.41) is 3.13. The Kier molecular flexibility index (Phi) is 6.49. The predicted octanol–water partition coefficient (Wildman–Crippen LogP) is 3.71. The maximum absolute atomic E-state index is 12.8. The number of aryl methyl sites for hydroxylation is 1. The normalized spacial score (nSPS) is 13.3. The van der Waals surface area contributed by atoms with Crippen LogP contribution in [0.25, 0.3) is 0 Å². The van der Waals surface area contributed by atoms with E-state index in [-0.39, 0.29) is 18.2 Å². The van der Waals surface area contributed by atoms with E-state index in [2.05, 4.69) is 10.3 Å².